The van der Waals surface area contributed by atoms with Crippen molar-refractivity contribution in [1.29, 1.82) is 0 Å². The van der Waals surface area contributed by atoms with Crippen LogP contribution in [0.4, 0.5) is 0 Å². The third kappa shape index (κ3) is 11.8. The minimum atomic E-state index is 0.594. The zero-order valence-corrected chi connectivity index (χ0v) is 9.78. The summed E-state index contributed by atoms with van der Waals surface area (Å²) in [6, 6.07) is 0. The highest BCUT2D eigenvalue weighted by molar-refractivity contribution is 7.80. The van der Waals surface area contributed by atoms with E-state index in [0.717, 1.165) is 38.9 Å². The highest BCUT2D eigenvalue weighted by Gasteiger charge is 1.92. The molecule has 0 radical (unpaired) electrons. The van der Waals surface area contributed by atoms with Crippen molar-refractivity contribution in [2.24, 2.45) is 5.73 Å². The molecule has 0 rings (SSSR count). The van der Waals surface area contributed by atoms with Crippen molar-refractivity contribution in [3.63, 3.8) is 0 Å². The van der Waals surface area contributed by atoms with Crippen LogP contribution in [-0.4, -0.2) is 31.4 Å². The monoisotopic (exact) mass is 219 g/mol. The molecule has 14 heavy (non-hydrogen) atoms. The van der Waals surface area contributed by atoms with Crippen LogP contribution >= 0.6 is 12.2 Å². The molecular formula is C10H21NO2S. The van der Waals surface area contributed by atoms with Crippen LogP contribution in [0.2, 0.25) is 0 Å². The Morgan fingerprint density at radius 3 is 2.29 bits per heavy atom. The molecule has 2 N–H and O–H groups in total. The summed E-state index contributed by atoms with van der Waals surface area (Å²) < 4.78 is 10.6. The average molecular weight is 219 g/mol. The largest absolute Gasteiger partial charge is 0.393 e. The van der Waals surface area contributed by atoms with Crippen LogP contribution in [0.3, 0.4) is 0 Å². The predicted octanol–water partition coefficient (Wildman–Crippen LogP) is 1.89. The SMILES string of the molecule is CCCOCCOCCCCC(N)=S. The molecule has 0 aromatic carbocycles. The van der Waals surface area contributed by atoms with E-state index in [0.29, 0.717) is 18.2 Å². The van der Waals surface area contributed by atoms with Gasteiger partial charge in [0.25, 0.3) is 0 Å². The maximum absolute atomic E-state index is 5.36. The van der Waals surface area contributed by atoms with Gasteiger partial charge in [0.1, 0.15) is 0 Å². The molecule has 0 aromatic rings. The van der Waals surface area contributed by atoms with E-state index in [1.807, 2.05) is 0 Å². The maximum Gasteiger partial charge on any atom is 0.0727 e. The summed E-state index contributed by atoms with van der Waals surface area (Å²) in [4.78, 5) is 0.594. The third-order valence-electron chi connectivity index (χ3n) is 1.68. The molecule has 0 saturated carbocycles. The number of ether oxygens (including phenoxy) is 2. The van der Waals surface area contributed by atoms with Gasteiger partial charge in [-0.2, -0.15) is 0 Å². The second-order valence-corrected chi connectivity index (χ2v) is 3.67. The molecule has 0 unspecified atom stereocenters. The van der Waals surface area contributed by atoms with Gasteiger partial charge in [-0.3, -0.25) is 0 Å². The van der Waals surface area contributed by atoms with Gasteiger partial charge < -0.3 is 15.2 Å². The van der Waals surface area contributed by atoms with Crippen molar-refractivity contribution in [2.45, 2.75) is 32.6 Å². The van der Waals surface area contributed by atoms with Crippen LogP contribution in [0.25, 0.3) is 0 Å². The fraction of sp³-hybridized carbons (Fsp3) is 0.900. The molecule has 0 aliphatic heterocycles. The van der Waals surface area contributed by atoms with Gasteiger partial charge >= 0.3 is 0 Å². The van der Waals surface area contributed by atoms with Crippen molar-refractivity contribution < 1.29 is 9.47 Å². The smallest absolute Gasteiger partial charge is 0.0727 e. The number of hydrogen-bond acceptors (Lipinski definition) is 3. The molecule has 0 atom stereocenters. The molecular weight excluding hydrogens is 198 g/mol. The summed E-state index contributed by atoms with van der Waals surface area (Å²) in [5, 5.41) is 0. The van der Waals surface area contributed by atoms with Crippen LogP contribution in [0, 0.1) is 0 Å². The number of unbranched alkanes of at least 4 members (excludes halogenated alkanes) is 1. The third-order valence-corrected chi connectivity index (χ3v) is 1.89. The van der Waals surface area contributed by atoms with E-state index in [1.165, 1.54) is 0 Å². The summed E-state index contributed by atoms with van der Waals surface area (Å²) in [7, 11) is 0. The Kier molecular flexibility index (Phi) is 10.7. The van der Waals surface area contributed by atoms with Crippen LogP contribution in [0.5, 0.6) is 0 Å². The number of nitrogens with two attached hydrogens (primary N) is 1. The fourth-order valence-electron chi connectivity index (χ4n) is 0.970. The van der Waals surface area contributed by atoms with E-state index in [2.05, 4.69) is 6.92 Å². The molecule has 84 valence electrons. The molecule has 0 bridgehead atoms. The van der Waals surface area contributed by atoms with Gasteiger partial charge in [-0.05, 0) is 25.7 Å². The van der Waals surface area contributed by atoms with Crippen molar-refractivity contribution in [2.75, 3.05) is 26.4 Å². The number of rotatable bonds is 10. The molecule has 0 amide bonds. The molecule has 0 aromatic heterocycles. The van der Waals surface area contributed by atoms with Crippen LogP contribution in [-0.2, 0) is 9.47 Å². The van der Waals surface area contributed by atoms with Gasteiger partial charge in [0.2, 0.25) is 0 Å². The van der Waals surface area contributed by atoms with Crippen LogP contribution in [0.15, 0.2) is 0 Å². The fourth-order valence-corrected chi connectivity index (χ4v) is 1.11. The topological polar surface area (TPSA) is 44.5 Å². The van der Waals surface area contributed by atoms with E-state index in [4.69, 9.17) is 27.4 Å². The number of thiocarbonyl (C=S) groups is 1. The summed E-state index contributed by atoms with van der Waals surface area (Å²) in [5.41, 5.74) is 5.36. The first-order chi connectivity index (χ1) is 6.77. The predicted molar refractivity (Wildman–Crippen MR) is 62.6 cm³/mol. The Hall–Kier alpha value is -0.190. The lowest BCUT2D eigenvalue weighted by Gasteiger charge is -2.04. The second kappa shape index (κ2) is 10.9. The van der Waals surface area contributed by atoms with Crippen molar-refractivity contribution >= 4 is 17.2 Å². The second-order valence-electron chi connectivity index (χ2n) is 3.15. The Labute approximate surface area is 91.9 Å². The van der Waals surface area contributed by atoms with Gasteiger partial charge in [-0.1, -0.05) is 19.1 Å². The van der Waals surface area contributed by atoms with Gasteiger partial charge in [-0.15, -0.1) is 0 Å². The summed E-state index contributed by atoms with van der Waals surface area (Å²) in [5.74, 6) is 0. The minimum absolute atomic E-state index is 0.594. The van der Waals surface area contributed by atoms with Gasteiger partial charge in [-0.25, -0.2) is 0 Å². The molecule has 0 spiro atoms. The van der Waals surface area contributed by atoms with E-state index < -0.39 is 0 Å². The van der Waals surface area contributed by atoms with Crippen molar-refractivity contribution in [3.8, 4) is 0 Å². The normalized spacial score (nSPS) is 10.4. The standard InChI is InChI=1S/C10H21NO2S/c1-2-6-12-8-9-13-7-4-3-5-10(11)14/h2-9H2,1H3,(H2,11,14). The van der Waals surface area contributed by atoms with E-state index in [9.17, 15) is 0 Å². The van der Waals surface area contributed by atoms with Gasteiger partial charge in [0, 0.05) is 13.2 Å². The summed E-state index contributed by atoms with van der Waals surface area (Å²) in [6.45, 7) is 5.08. The minimum Gasteiger partial charge on any atom is -0.393 e. The maximum atomic E-state index is 5.36. The van der Waals surface area contributed by atoms with Crippen LogP contribution in [0.1, 0.15) is 32.6 Å². The van der Waals surface area contributed by atoms with E-state index in [-0.39, 0.29) is 0 Å². The average Bonchev–Trinajstić information content (AvgIpc) is 2.15. The van der Waals surface area contributed by atoms with Crippen molar-refractivity contribution in [3.05, 3.63) is 0 Å². The Balaban J connectivity index is 2.88. The Bertz CT molecular complexity index is 142. The summed E-state index contributed by atoms with van der Waals surface area (Å²) >= 11 is 4.76. The molecule has 4 heteroatoms. The van der Waals surface area contributed by atoms with E-state index >= 15 is 0 Å². The van der Waals surface area contributed by atoms with E-state index in [1.54, 1.807) is 0 Å². The number of hydrogen-bond donors (Lipinski definition) is 1. The first-order valence-electron chi connectivity index (χ1n) is 5.21. The molecule has 0 aliphatic rings. The first-order valence-corrected chi connectivity index (χ1v) is 5.62. The molecule has 0 saturated heterocycles. The molecule has 0 fully saturated rings. The quantitative estimate of drug-likeness (QED) is 0.450. The molecule has 3 nitrogen and oxygen atoms in total. The first kappa shape index (κ1) is 13.8. The Morgan fingerprint density at radius 2 is 1.71 bits per heavy atom. The summed E-state index contributed by atoms with van der Waals surface area (Å²) in [6.07, 6.45) is 3.93. The van der Waals surface area contributed by atoms with Crippen molar-refractivity contribution in [1.82, 2.24) is 0 Å². The highest BCUT2D eigenvalue weighted by Crippen LogP contribution is 1.95. The Morgan fingerprint density at radius 1 is 1.07 bits per heavy atom. The zero-order chi connectivity index (χ0) is 10.6. The lowest BCUT2D eigenvalue weighted by atomic mass is 10.2. The van der Waals surface area contributed by atoms with Crippen LogP contribution < -0.4 is 5.73 Å². The highest BCUT2D eigenvalue weighted by atomic mass is 32.1. The lowest BCUT2D eigenvalue weighted by molar-refractivity contribution is 0.0468. The molecule has 0 heterocycles. The van der Waals surface area contributed by atoms with Gasteiger partial charge in [0.15, 0.2) is 0 Å². The molecule has 0 aliphatic carbocycles. The van der Waals surface area contributed by atoms with Gasteiger partial charge in [0.05, 0.1) is 18.2 Å². The lowest BCUT2D eigenvalue weighted by Crippen LogP contribution is -2.08. The zero-order valence-electron chi connectivity index (χ0n) is 8.96.